The SMILES string of the molecule is COCCN(C)CCNC(=O)CSCC(=O)Nc1cc(C)on1. The van der Waals surface area contributed by atoms with Crippen LogP contribution in [0.1, 0.15) is 5.76 Å². The average Bonchev–Trinajstić information content (AvgIpc) is 2.90. The molecule has 1 aromatic heterocycles. The smallest absolute Gasteiger partial charge is 0.235 e. The van der Waals surface area contributed by atoms with Crippen LogP contribution in [-0.2, 0) is 14.3 Å². The number of nitrogens with zero attached hydrogens (tertiary/aromatic N) is 2. The van der Waals surface area contributed by atoms with Gasteiger partial charge in [-0.15, -0.1) is 11.8 Å². The number of carbonyl (C=O) groups excluding carboxylic acids is 2. The molecule has 130 valence electrons. The molecule has 1 aromatic rings. The summed E-state index contributed by atoms with van der Waals surface area (Å²) in [6.45, 7) is 4.56. The topological polar surface area (TPSA) is 96.7 Å². The molecule has 1 heterocycles. The van der Waals surface area contributed by atoms with Crippen molar-refractivity contribution < 1.29 is 18.8 Å². The zero-order valence-corrected chi connectivity index (χ0v) is 14.6. The Labute approximate surface area is 140 Å². The third-order valence-corrected chi connectivity index (χ3v) is 3.79. The molecule has 0 atom stereocenters. The van der Waals surface area contributed by atoms with Gasteiger partial charge in [0.2, 0.25) is 11.8 Å². The molecule has 1 rings (SSSR count). The van der Waals surface area contributed by atoms with Crippen LogP contribution in [-0.4, -0.2) is 73.8 Å². The summed E-state index contributed by atoms with van der Waals surface area (Å²) in [5.74, 6) is 1.15. The fourth-order valence-electron chi connectivity index (χ4n) is 1.64. The van der Waals surface area contributed by atoms with Crippen molar-refractivity contribution in [1.29, 1.82) is 0 Å². The number of hydrogen-bond donors (Lipinski definition) is 2. The van der Waals surface area contributed by atoms with Crippen molar-refractivity contribution in [3.63, 3.8) is 0 Å². The van der Waals surface area contributed by atoms with Crippen LogP contribution in [0.25, 0.3) is 0 Å². The van der Waals surface area contributed by atoms with Gasteiger partial charge >= 0.3 is 0 Å². The van der Waals surface area contributed by atoms with E-state index in [2.05, 4.69) is 20.7 Å². The van der Waals surface area contributed by atoms with Gasteiger partial charge in [0, 0.05) is 32.8 Å². The lowest BCUT2D eigenvalue weighted by Gasteiger charge is -2.16. The number of methoxy groups -OCH3 is 1. The highest BCUT2D eigenvalue weighted by atomic mass is 32.2. The summed E-state index contributed by atoms with van der Waals surface area (Å²) in [5, 5.41) is 9.08. The summed E-state index contributed by atoms with van der Waals surface area (Å²) in [6, 6.07) is 1.63. The summed E-state index contributed by atoms with van der Waals surface area (Å²) >= 11 is 1.25. The van der Waals surface area contributed by atoms with Gasteiger partial charge in [-0.3, -0.25) is 9.59 Å². The molecule has 0 fully saturated rings. The second-order valence-corrected chi connectivity index (χ2v) is 6.00. The third kappa shape index (κ3) is 9.22. The normalized spacial score (nSPS) is 10.8. The van der Waals surface area contributed by atoms with E-state index in [0.717, 1.165) is 13.1 Å². The average molecular weight is 344 g/mol. The molecule has 0 unspecified atom stereocenters. The zero-order chi connectivity index (χ0) is 17.1. The van der Waals surface area contributed by atoms with Gasteiger partial charge in [-0.25, -0.2) is 0 Å². The van der Waals surface area contributed by atoms with E-state index >= 15 is 0 Å². The largest absolute Gasteiger partial charge is 0.383 e. The van der Waals surface area contributed by atoms with E-state index in [-0.39, 0.29) is 23.3 Å². The van der Waals surface area contributed by atoms with Gasteiger partial charge in [0.05, 0.1) is 18.1 Å². The number of amides is 2. The molecule has 0 spiro atoms. The molecule has 0 aliphatic heterocycles. The first kappa shape index (κ1) is 19.5. The van der Waals surface area contributed by atoms with Crippen molar-refractivity contribution in [2.45, 2.75) is 6.92 Å². The lowest BCUT2D eigenvalue weighted by Crippen LogP contribution is -2.35. The molecular formula is C14H24N4O4S. The van der Waals surface area contributed by atoms with Crippen LogP contribution >= 0.6 is 11.8 Å². The molecule has 9 heteroatoms. The molecule has 0 aliphatic carbocycles. The summed E-state index contributed by atoms with van der Waals surface area (Å²) < 4.78 is 9.83. The number of aryl methyl sites for hydroxylation is 1. The van der Waals surface area contributed by atoms with Crippen molar-refractivity contribution in [3.05, 3.63) is 11.8 Å². The van der Waals surface area contributed by atoms with Crippen molar-refractivity contribution in [1.82, 2.24) is 15.4 Å². The summed E-state index contributed by atoms with van der Waals surface area (Å²) in [6.07, 6.45) is 0. The molecule has 0 saturated heterocycles. The zero-order valence-electron chi connectivity index (χ0n) is 13.8. The molecule has 2 N–H and O–H groups in total. The Balaban J connectivity index is 2.06. The maximum Gasteiger partial charge on any atom is 0.235 e. The van der Waals surface area contributed by atoms with Gasteiger partial charge in [-0.2, -0.15) is 0 Å². The first-order valence-electron chi connectivity index (χ1n) is 7.26. The number of anilines is 1. The first-order chi connectivity index (χ1) is 11.0. The minimum atomic E-state index is -0.213. The molecule has 0 aromatic carbocycles. The monoisotopic (exact) mass is 344 g/mol. The van der Waals surface area contributed by atoms with Crippen LogP contribution in [0.3, 0.4) is 0 Å². The Morgan fingerprint density at radius 3 is 2.74 bits per heavy atom. The van der Waals surface area contributed by atoms with Crippen LogP contribution in [0.2, 0.25) is 0 Å². The Bertz CT molecular complexity index is 495. The predicted molar refractivity (Wildman–Crippen MR) is 89.6 cm³/mol. The summed E-state index contributed by atoms with van der Waals surface area (Å²) in [7, 11) is 3.63. The van der Waals surface area contributed by atoms with Gasteiger partial charge in [-0.05, 0) is 14.0 Å². The van der Waals surface area contributed by atoms with Gasteiger partial charge < -0.3 is 24.8 Å². The van der Waals surface area contributed by atoms with Crippen LogP contribution in [0.4, 0.5) is 5.82 Å². The minimum absolute atomic E-state index is 0.0831. The van der Waals surface area contributed by atoms with Crippen molar-refractivity contribution in [3.8, 4) is 0 Å². The fourth-order valence-corrected chi connectivity index (χ4v) is 2.28. The summed E-state index contributed by atoms with van der Waals surface area (Å²) in [5.41, 5.74) is 0. The highest BCUT2D eigenvalue weighted by Gasteiger charge is 2.08. The van der Waals surface area contributed by atoms with Gasteiger partial charge in [0.1, 0.15) is 5.76 Å². The van der Waals surface area contributed by atoms with E-state index in [4.69, 9.17) is 9.26 Å². The molecule has 2 amide bonds. The number of likely N-dealkylation sites (N-methyl/N-ethyl adjacent to an activating group) is 1. The fraction of sp³-hybridized carbons (Fsp3) is 0.643. The van der Waals surface area contributed by atoms with Crippen molar-refractivity contribution >= 4 is 29.4 Å². The Hall–Kier alpha value is -1.58. The molecule has 0 radical (unpaired) electrons. The lowest BCUT2D eigenvalue weighted by molar-refractivity contribution is -0.118. The van der Waals surface area contributed by atoms with Crippen LogP contribution in [0, 0.1) is 6.92 Å². The molecule has 0 aliphatic rings. The van der Waals surface area contributed by atoms with E-state index in [1.54, 1.807) is 20.1 Å². The number of aromatic nitrogens is 1. The van der Waals surface area contributed by atoms with Crippen molar-refractivity contribution in [2.24, 2.45) is 0 Å². The predicted octanol–water partition coefficient (Wildman–Crippen LogP) is 0.349. The number of rotatable bonds is 11. The van der Waals surface area contributed by atoms with Crippen molar-refractivity contribution in [2.75, 3.05) is 57.2 Å². The number of carbonyl (C=O) groups is 2. The molecule has 0 saturated carbocycles. The van der Waals surface area contributed by atoms with Gasteiger partial charge in [-0.1, -0.05) is 5.16 Å². The van der Waals surface area contributed by atoms with Gasteiger partial charge in [0.25, 0.3) is 0 Å². The molecule has 0 bridgehead atoms. The number of hydrogen-bond acceptors (Lipinski definition) is 7. The Morgan fingerprint density at radius 1 is 1.35 bits per heavy atom. The number of thioether (sulfide) groups is 1. The Kier molecular flexibility index (Phi) is 9.34. The second kappa shape index (κ2) is 11.0. The van der Waals surface area contributed by atoms with Crippen LogP contribution < -0.4 is 10.6 Å². The van der Waals surface area contributed by atoms with Crippen LogP contribution in [0.15, 0.2) is 10.6 Å². The third-order valence-electron chi connectivity index (χ3n) is 2.85. The van der Waals surface area contributed by atoms with Gasteiger partial charge in [0.15, 0.2) is 5.82 Å². The molecule has 8 nitrogen and oxygen atoms in total. The van der Waals surface area contributed by atoms with E-state index < -0.39 is 0 Å². The maximum absolute atomic E-state index is 11.6. The molecular weight excluding hydrogens is 320 g/mol. The van der Waals surface area contributed by atoms with E-state index in [9.17, 15) is 9.59 Å². The van der Waals surface area contributed by atoms with E-state index in [1.807, 2.05) is 7.05 Å². The maximum atomic E-state index is 11.6. The van der Waals surface area contributed by atoms with E-state index in [1.165, 1.54) is 11.8 Å². The standard InChI is InChI=1S/C14H24N4O4S/c1-11-8-12(17-22-11)16-14(20)10-23-9-13(19)15-4-5-18(2)6-7-21-3/h8H,4-7,9-10H2,1-3H3,(H,15,19)(H,16,17,20). The first-order valence-corrected chi connectivity index (χ1v) is 8.42. The van der Waals surface area contributed by atoms with E-state index in [0.29, 0.717) is 24.7 Å². The minimum Gasteiger partial charge on any atom is -0.383 e. The summed E-state index contributed by atoms with van der Waals surface area (Å²) in [4.78, 5) is 25.4. The van der Waals surface area contributed by atoms with Crippen LogP contribution in [0.5, 0.6) is 0 Å². The number of ether oxygens (including phenoxy) is 1. The highest BCUT2D eigenvalue weighted by Crippen LogP contribution is 2.08. The highest BCUT2D eigenvalue weighted by molar-refractivity contribution is 8.00. The second-order valence-electron chi connectivity index (χ2n) is 5.01. The lowest BCUT2D eigenvalue weighted by atomic mass is 10.5. The number of nitrogens with one attached hydrogen (secondary N) is 2. The quantitative estimate of drug-likeness (QED) is 0.598. The molecule has 23 heavy (non-hydrogen) atoms. The Morgan fingerprint density at radius 2 is 2.09 bits per heavy atom.